The van der Waals surface area contributed by atoms with Gasteiger partial charge in [-0.2, -0.15) is 23.5 Å². The molecule has 6 heteroatoms. The molecule has 1 unspecified atom stereocenters. The highest BCUT2D eigenvalue weighted by molar-refractivity contribution is 8.27. The smallest absolute Gasteiger partial charge is 0.0393 e. The van der Waals surface area contributed by atoms with E-state index in [1.165, 1.54) is 23.0 Å². The molecule has 2 aliphatic heterocycles. The van der Waals surface area contributed by atoms with Gasteiger partial charge in [0.05, 0.1) is 0 Å². The molecule has 2 fully saturated rings. The Morgan fingerprint density at radius 3 is 2.11 bits per heavy atom. The molecule has 0 amide bonds. The second-order valence-electron chi connectivity index (χ2n) is 4.30. The predicted octanol–water partition coefficient (Wildman–Crippen LogP) is 4.27. The molecule has 2 saturated heterocycles. The lowest BCUT2D eigenvalue weighted by Gasteiger charge is -2.34. The Hall–Kier alpha value is 1.27. The summed E-state index contributed by atoms with van der Waals surface area (Å²) < 4.78 is 2.47. The Bertz CT molecular complexity index is 269. The van der Waals surface area contributed by atoms with E-state index in [1.807, 2.05) is 35.8 Å². The van der Waals surface area contributed by atoms with Crippen LogP contribution in [-0.2, 0) is 0 Å². The predicted molar refractivity (Wildman–Crippen MR) is 94.4 cm³/mol. The zero-order valence-corrected chi connectivity index (χ0v) is 14.6. The van der Waals surface area contributed by atoms with E-state index in [0.717, 1.165) is 23.3 Å². The second kappa shape index (κ2) is 8.53. The summed E-state index contributed by atoms with van der Waals surface area (Å²) in [7, 11) is 0. The minimum absolute atomic E-state index is 0.579. The van der Waals surface area contributed by atoms with E-state index in [-0.39, 0.29) is 0 Å². The normalized spacial score (nSPS) is 22.3. The van der Waals surface area contributed by atoms with Crippen LogP contribution in [0.5, 0.6) is 0 Å². The van der Waals surface area contributed by atoms with Gasteiger partial charge in [-0.15, -0.1) is 15.5 Å². The van der Waals surface area contributed by atoms with Crippen molar-refractivity contribution in [3.63, 3.8) is 0 Å². The minimum atomic E-state index is 0.579. The van der Waals surface area contributed by atoms with Crippen LogP contribution in [0.25, 0.3) is 0 Å². The van der Waals surface area contributed by atoms with Gasteiger partial charge in [0.15, 0.2) is 0 Å². The molecule has 2 rings (SSSR count). The van der Waals surface area contributed by atoms with Crippen LogP contribution in [0.3, 0.4) is 0 Å². The quantitative estimate of drug-likeness (QED) is 0.477. The maximum absolute atomic E-state index is 5.46. The number of thioether (sulfide) groups is 2. The molecule has 0 aromatic heterocycles. The molecule has 0 saturated carbocycles. The lowest BCUT2D eigenvalue weighted by atomic mass is 10.2. The molecule has 0 aromatic carbocycles. The molecular formula is C12H19NS5. The monoisotopic (exact) mass is 337 g/mol. The van der Waals surface area contributed by atoms with Crippen molar-refractivity contribution in [3.8, 4) is 12.3 Å². The van der Waals surface area contributed by atoms with Crippen molar-refractivity contribution in [1.29, 1.82) is 0 Å². The number of hydrogen-bond acceptors (Lipinski definition) is 6. The summed E-state index contributed by atoms with van der Waals surface area (Å²) in [4.78, 5) is 0. The Morgan fingerprint density at radius 1 is 1.22 bits per heavy atom. The van der Waals surface area contributed by atoms with Gasteiger partial charge in [-0.05, 0) is 6.42 Å². The third kappa shape index (κ3) is 4.99. The summed E-state index contributed by atoms with van der Waals surface area (Å²) in [6.07, 6.45) is 7.50. The summed E-state index contributed by atoms with van der Waals surface area (Å²) in [5, 5.41) is 2.23. The Morgan fingerprint density at radius 2 is 1.78 bits per heavy atom. The van der Waals surface area contributed by atoms with Crippen molar-refractivity contribution in [1.82, 2.24) is 3.12 Å². The van der Waals surface area contributed by atoms with E-state index < -0.39 is 0 Å². The summed E-state index contributed by atoms with van der Waals surface area (Å²) in [5.41, 5.74) is 0. The molecule has 1 atom stereocenters. The summed E-state index contributed by atoms with van der Waals surface area (Å²) in [6, 6.07) is 0. The van der Waals surface area contributed by atoms with Crippen LogP contribution in [0.1, 0.15) is 19.8 Å². The van der Waals surface area contributed by atoms with E-state index in [2.05, 4.69) is 39.5 Å². The highest BCUT2D eigenvalue weighted by Gasteiger charge is 2.29. The van der Waals surface area contributed by atoms with E-state index >= 15 is 0 Å². The number of hydrogen-bond donors (Lipinski definition) is 0. The first-order valence-electron chi connectivity index (χ1n) is 6.21. The second-order valence-corrected chi connectivity index (χ2v) is 10.9. The summed E-state index contributed by atoms with van der Waals surface area (Å²) in [6.45, 7) is 2.24. The molecule has 0 bridgehead atoms. The van der Waals surface area contributed by atoms with Crippen molar-refractivity contribution in [2.24, 2.45) is 0 Å². The Balaban J connectivity index is 1.79. The van der Waals surface area contributed by atoms with Gasteiger partial charge in [0.25, 0.3) is 0 Å². The van der Waals surface area contributed by atoms with Crippen LogP contribution in [-0.4, -0.2) is 41.9 Å². The van der Waals surface area contributed by atoms with Gasteiger partial charge < -0.3 is 0 Å². The van der Waals surface area contributed by atoms with Crippen molar-refractivity contribution in [2.45, 2.75) is 35.5 Å². The summed E-state index contributed by atoms with van der Waals surface area (Å²) >= 11 is 10.2. The third-order valence-electron chi connectivity index (χ3n) is 2.72. The van der Waals surface area contributed by atoms with Crippen LogP contribution >= 0.6 is 59.4 Å². The lowest BCUT2D eigenvalue weighted by molar-refractivity contribution is 0.840. The first kappa shape index (κ1) is 15.7. The largest absolute Gasteiger partial charge is 0.160 e. The molecule has 0 aromatic rings. The maximum Gasteiger partial charge on any atom is 0.0393 e. The fraction of sp³-hybridized carbons (Fsp3) is 0.833. The van der Waals surface area contributed by atoms with Crippen LogP contribution in [0.2, 0.25) is 0 Å². The first-order chi connectivity index (χ1) is 8.81. The van der Waals surface area contributed by atoms with Crippen molar-refractivity contribution < 1.29 is 0 Å². The molecule has 102 valence electrons. The van der Waals surface area contributed by atoms with Gasteiger partial charge in [-0.3, -0.25) is 0 Å². The van der Waals surface area contributed by atoms with E-state index in [9.17, 15) is 0 Å². The number of rotatable bonds is 8. The van der Waals surface area contributed by atoms with Gasteiger partial charge in [-0.25, -0.2) is 0 Å². The molecule has 0 N–H and O–H groups in total. The fourth-order valence-electron chi connectivity index (χ4n) is 1.38. The van der Waals surface area contributed by atoms with E-state index in [1.54, 1.807) is 0 Å². The van der Waals surface area contributed by atoms with Crippen LogP contribution in [0.4, 0.5) is 0 Å². The average Bonchev–Trinajstić information content (AvgIpc) is 2.26. The zero-order valence-electron chi connectivity index (χ0n) is 10.5. The minimum Gasteiger partial charge on any atom is -0.160 e. The molecule has 18 heavy (non-hydrogen) atoms. The molecular weight excluding hydrogens is 318 g/mol. The first-order valence-corrected chi connectivity index (χ1v) is 11.0. The highest BCUT2D eigenvalue weighted by Crippen LogP contribution is 2.45. The van der Waals surface area contributed by atoms with Gasteiger partial charge in [0.2, 0.25) is 0 Å². The third-order valence-corrected chi connectivity index (χ3v) is 10.2. The average molecular weight is 338 g/mol. The molecule has 0 radical (unpaired) electrons. The van der Waals surface area contributed by atoms with Crippen molar-refractivity contribution in [3.05, 3.63) is 0 Å². The van der Waals surface area contributed by atoms with Crippen molar-refractivity contribution in [2.75, 3.05) is 23.0 Å². The topological polar surface area (TPSA) is 3.24 Å². The van der Waals surface area contributed by atoms with Gasteiger partial charge in [-0.1, -0.05) is 42.8 Å². The Labute approximate surface area is 133 Å². The van der Waals surface area contributed by atoms with Crippen molar-refractivity contribution >= 4 is 59.4 Å². The molecule has 2 heterocycles. The van der Waals surface area contributed by atoms with Crippen LogP contribution in [0, 0.1) is 12.3 Å². The van der Waals surface area contributed by atoms with Gasteiger partial charge in [0, 0.05) is 45.2 Å². The van der Waals surface area contributed by atoms with E-state index in [4.69, 9.17) is 6.42 Å². The van der Waals surface area contributed by atoms with Gasteiger partial charge >= 0.3 is 0 Å². The molecule has 1 nitrogen and oxygen atoms in total. The Kier molecular flexibility index (Phi) is 7.42. The van der Waals surface area contributed by atoms with E-state index in [0.29, 0.717) is 5.25 Å². The lowest BCUT2D eigenvalue weighted by Crippen LogP contribution is -2.28. The van der Waals surface area contributed by atoms with Gasteiger partial charge in [0.1, 0.15) is 0 Å². The molecule has 2 aliphatic rings. The maximum atomic E-state index is 5.46. The SMILES string of the molecule is C#CCC(CC)SN(SC1CSC1)SC1CSC1. The zero-order chi connectivity index (χ0) is 12.8. The van der Waals surface area contributed by atoms with Crippen LogP contribution in [0.15, 0.2) is 0 Å². The number of nitrogens with zero attached hydrogens (tertiary/aromatic N) is 1. The van der Waals surface area contributed by atoms with Crippen LogP contribution < -0.4 is 0 Å². The standard InChI is InChI=1S/C12H19NS5/c1-3-5-10(4-2)16-13(17-11-6-14-7-11)18-12-8-15-9-12/h1,10-12H,4-9H2,2H3. The summed E-state index contributed by atoms with van der Waals surface area (Å²) in [5.74, 6) is 8.06. The highest BCUT2D eigenvalue weighted by atomic mass is 32.3. The fourth-order valence-corrected chi connectivity index (χ4v) is 8.20. The molecule has 0 spiro atoms. The molecule has 0 aliphatic carbocycles. The number of terminal acetylenes is 1.